The van der Waals surface area contributed by atoms with Gasteiger partial charge in [0.05, 0.1) is 13.7 Å². The van der Waals surface area contributed by atoms with Gasteiger partial charge in [-0.1, -0.05) is 28.1 Å². The lowest BCUT2D eigenvalue weighted by Crippen LogP contribution is -2.17. The summed E-state index contributed by atoms with van der Waals surface area (Å²) in [5, 5.41) is 0. The molecule has 0 aromatic heterocycles. The number of aryl methyl sites for hydroxylation is 1. The number of carbonyl (C=O) groups is 1. The summed E-state index contributed by atoms with van der Waals surface area (Å²) in [6, 6.07) is 8.00. The molecule has 0 amide bonds. The van der Waals surface area contributed by atoms with Gasteiger partial charge < -0.3 is 9.47 Å². The largest absolute Gasteiger partial charge is 0.497 e. The third kappa shape index (κ3) is 5.08. The van der Waals surface area contributed by atoms with Crippen molar-refractivity contribution in [1.82, 2.24) is 0 Å². The summed E-state index contributed by atoms with van der Waals surface area (Å²) in [7, 11) is 1.66. The number of ether oxygens (including phenoxy) is 2. The number of alkyl halides is 1. The topological polar surface area (TPSA) is 35.5 Å². The first-order valence-corrected chi connectivity index (χ1v) is 7.02. The number of rotatable bonds is 7. The van der Waals surface area contributed by atoms with Crippen molar-refractivity contribution in [3.63, 3.8) is 0 Å². The van der Waals surface area contributed by atoms with Gasteiger partial charge in [-0.3, -0.25) is 4.79 Å². The number of halogens is 1. The van der Waals surface area contributed by atoms with Gasteiger partial charge in [0.25, 0.3) is 0 Å². The molecule has 0 N–H and O–H groups in total. The van der Waals surface area contributed by atoms with Crippen molar-refractivity contribution in [1.29, 1.82) is 0 Å². The Balaban J connectivity index is 2.30. The molecule has 1 atom stereocenters. The summed E-state index contributed by atoms with van der Waals surface area (Å²) in [5.41, 5.74) is 1.25. The molecule has 0 bridgehead atoms. The maximum absolute atomic E-state index is 11.4. The Hall–Kier alpha value is -1.03. The van der Waals surface area contributed by atoms with Gasteiger partial charge in [0.15, 0.2) is 0 Å². The Morgan fingerprint density at radius 3 is 2.56 bits per heavy atom. The van der Waals surface area contributed by atoms with Crippen LogP contribution in [-0.2, 0) is 16.0 Å². The quantitative estimate of drug-likeness (QED) is 0.572. The molecule has 0 aliphatic heterocycles. The van der Waals surface area contributed by atoms with Crippen LogP contribution >= 0.6 is 15.9 Å². The van der Waals surface area contributed by atoms with Gasteiger partial charge in [-0.05, 0) is 43.9 Å². The van der Waals surface area contributed by atoms with Crippen molar-refractivity contribution in [3.05, 3.63) is 29.8 Å². The fraction of sp³-hybridized carbons (Fsp3) is 0.500. The van der Waals surface area contributed by atoms with Gasteiger partial charge >= 0.3 is 5.97 Å². The zero-order chi connectivity index (χ0) is 13.4. The van der Waals surface area contributed by atoms with Crippen LogP contribution in [0.1, 0.15) is 25.3 Å². The van der Waals surface area contributed by atoms with Crippen molar-refractivity contribution in [2.24, 2.45) is 0 Å². The van der Waals surface area contributed by atoms with E-state index in [4.69, 9.17) is 9.47 Å². The van der Waals surface area contributed by atoms with Gasteiger partial charge in [0.2, 0.25) is 0 Å². The molecule has 1 unspecified atom stereocenters. The Morgan fingerprint density at radius 2 is 2.00 bits per heavy atom. The fourth-order valence-corrected chi connectivity index (χ4v) is 2.08. The third-order valence-corrected chi connectivity index (χ3v) is 3.46. The van der Waals surface area contributed by atoms with E-state index in [2.05, 4.69) is 15.9 Å². The van der Waals surface area contributed by atoms with E-state index in [1.54, 1.807) is 7.11 Å². The highest BCUT2D eigenvalue weighted by atomic mass is 79.9. The number of carbonyl (C=O) groups excluding carboxylic acids is 1. The Labute approximate surface area is 117 Å². The Morgan fingerprint density at radius 1 is 1.33 bits per heavy atom. The second kappa shape index (κ2) is 8.14. The van der Waals surface area contributed by atoms with Crippen LogP contribution in [-0.4, -0.2) is 24.5 Å². The Kier molecular flexibility index (Phi) is 6.80. The van der Waals surface area contributed by atoms with Crippen molar-refractivity contribution in [2.75, 3.05) is 13.7 Å². The third-order valence-electron chi connectivity index (χ3n) is 2.62. The van der Waals surface area contributed by atoms with Crippen LogP contribution in [0.2, 0.25) is 0 Å². The van der Waals surface area contributed by atoms with E-state index in [9.17, 15) is 4.79 Å². The van der Waals surface area contributed by atoms with E-state index >= 15 is 0 Å². The zero-order valence-electron chi connectivity index (χ0n) is 10.8. The molecule has 0 heterocycles. The SMILES string of the molecule is CCOC(=O)C(Br)CCCc1ccc(OC)cc1. The monoisotopic (exact) mass is 314 g/mol. The van der Waals surface area contributed by atoms with Crippen molar-refractivity contribution < 1.29 is 14.3 Å². The molecular formula is C14H19BrO3. The summed E-state index contributed by atoms with van der Waals surface area (Å²) >= 11 is 3.35. The van der Waals surface area contributed by atoms with Gasteiger partial charge in [-0.2, -0.15) is 0 Å². The smallest absolute Gasteiger partial charge is 0.319 e. The van der Waals surface area contributed by atoms with Crippen molar-refractivity contribution in [3.8, 4) is 5.75 Å². The first kappa shape index (κ1) is 15.0. The minimum atomic E-state index is -0.198. The average Bonchev–Trinajstić information content (AvgIpc) is 2.39. The predicted octanol–water partition coefficient (Wildman–Crippen LogP) is 3.34. The van der Waals surface area contributed by atoms with Crippen molar-refractivity contribution >= 4 is 21.9 Å². The number of esters is 1. The lowest BCUT2D eigenvalue weighted by molar-refractivity contribution is -0.142. The molecular weight excluding hydrogens is 296 g/mol. The standard InChI is InChI=1S/C14H19BrO3/c1-3-18-14(16)13(15)6-4-5-11-7-9-12(17-2)10-8-11/h7-10,13H,3-6H2,1-2H3. The summed E-state index contributed by atoms with van der Waals surface area (Å²) in [4.78, 5) is 11.2. The molecule has 1 rings (SSSR count). The lowest BCUT2D eigenvalue weighted by Gasteiger charge is -2.08. The molecule has 0 saturated heterocycles. The van der Waals surface area contributed by atoms with Crippen LogP contribution in [0.4, 0.5) is 0 Å². The van der Waals surface area contributed by atoms with Gasteiger partial charge in [0, 0.05) is 0 Å². The molecule has 0 aliphatic carbocycles. The van der Waals surface area contributed by atoms with Gasteiger partial charge in [-0.15, -0.1) is 0 Å². The van der Waals surface area contributed by atoms with E-state index in [1.165, 1.54) is 5.56 Å². The first-order chi connectivity index (χ1) is 8.67. The van der Waals surface area contributed by atoms with Crippen LogP contribution in [0, 0.1) is 0 Å². The predicted molar refractivity (Wildman–Crippen MR) is 75.3 cm³/mol. The molecule has 0 fully saturated rings. The van der Waals surface area contributed by atoms with Crippen LogP contribution in [0.15, 0.2) is 24.3 Å². The molecule has 0 saturated carbocycles. The molecule has 0 radical (unpaired) electrons. The summed E-state index contributed by atoms with van der Waals surface area (Å²) in [6.45, 7) is 2.24. The first-order valence-electron chi connectivity index (χ1n) is 6.11. The van der Waals surface area contributed by atoms with Crippen LogP contribution in [0.3, 0.4) is 0 Å². The molecule has 1 aromatic rings. The van der Waals surface area contributed by atoms with Gasteiger partial charge in [0.1, 0.15) is 10.6 Å². The maximum Gasteiger partial charge on any atom is 0.319 e. The molecule has 0 aliphatic rings. The molecule has 3 nitrogen and oxygen atoms in total. The zero-order valence-corrected chi connectivity index (χ0v) is 12.4. The second-order valence-corrected chi connectivity index (χ2v) is 5.07. The molecule has 0 spiro atoms. The van der Waals surface area contributed by atoms with E-state index in [1.807, 2.05) is 31.2 Å². The van der Waals surface area contributed by atoms with Crippen molar-refractivity contribution in [2.45, 2.75) is 31.0 Å². The highest BCUT2D eigenvalue weighted by molar-refractivity contribution is 9.10. The summed E-state index contributed by atoms with van der Waals surface area (Å²) < 4.78 is 10.0. The minimum absolute atomic E-state index is 0.174. The highest BCUT2D eigenvalue weighted by Gasteiger charge is 2.14. The van der Waals surface area contributed by atoms with Crippen LogP contribution < -0.4 is 4.74 Å². The number of hydrogen-bond acceptors (Lipinski definition) is 3. The molecule has 1 aromatic carbocycles. The summed E-state index contributed by atoms with van der Waals surface area (Å²) in [6.07, 6.45) is 2.68. The number of hydrogen-bond donors (Lipinski definition) is 0. The van der Waals surface area contributed by atoms with E-state index in [0.717, 1.165) is 25.0 Å². The van der Waals surface area contributed by atoms with Crippen LogP contribution in [0.25, 0.3) is 0 Å². The fourth-order valence-electron chi connectivity index (χ4n) is 1.63. The van der Waals surface area contributed by atoms with E-state index in [-0.39, 0.29) is 10.8 Å². The molecule has 4 heteroatoms. The number of benzene rings is 1. The lowest BCUT2D eigenvalue weighted by atomic mass is 10.1. The summed E-state index contributed by atoms with van der Waals surface area (Å²) in [5.74, 6) is 0.691. The van der Waals surface area contributed by atoms with E-state index in [0.29, 0.717) is 6.61 Å². The average molecular weight is 315 g/mol. The van der Waals surface area contributed by atoms with Gasteiger partial charge in [-0.25, -0.2) is 0 Å². The van der Waals surface area contributed by atoms with E-state index < -0.39 is 0 Å². The molecule has 100 valence electrons. The van der Waals surface area contributed by atoms with Crippen LogP contribution in [0.5, 0.6) is 5.75 Å². The second-order valence-electron chi connectivity index (χ2n) is 3.96. The number of methoxy groups -OCH3 is 1. The Bertz CT molecular complexity index is 362. The minimum Gasteiger partial charge on any atom is -0.497 e. The normalized spacial score (nSPS) is 11.9. The highest BCUT2D eigenvalue weighted by Crippen LogP contribution is 2.16. The molecule has 18 heavy (non-hydrogen) atoms. The maximum atomic E-state index is 11.4.